The van der Waals surface area contributed by atoms with Crippen LogP contribution in [-0.4, -0.2) is 24.1 Å². The molecule has 1 fully saturated rings. The molecule has 5 rings (SSSR count). The van der Waals surface area contributed by atoms with E-state index in [1.165, 1.54) is 11.1 Å². The molecule has 6 nitrogen and oxygen atoms in total. The number of amides is 2. The van der Waals surface area contributed by atoms with Crippen LogP contribution >= 0.6 is 12.4 Å². The summed E-state index contributed by atoms with van der Waals surface area (Å²) in [6.07, 6.45) is 0.822. The van der Waals surface area contributed by atoms with Crippen LogP contribution in [0.1, 0.15) is 34.6 Å². The Hall–Kier alpha value is -4.13. The molecule has 0 saturated heterocycles. The van der Waals surface area contributed by atoms with Crippen LogP contribution in [0.25, 0.3) is 0 Å². The van der Waals surface area contributed by atoms with Crippen LogP contribution in [-0.2, 0) is 29.1 Å². The SMILES string of the molecule is Cl.O=C(N[C@H](Cc1ccccc1)C(=O)Nc1ccc([C@@H]2C[C@H]2NCc2ccccc2)cc1)OCc1ccccc1. The first kappa shape index (κ1) is 28.9. The minimum absolute atomic E-state index is 0. The topological polar surface area (TPSA) is 79.5 Å². The fourth-order valence-electron chi connectivity index (χ4n) is 4.64. The molecule has 40 heavy (non-hydrogen) atoms. The lowest BCUT2D eigenvalue weighted by atomic mass is 10.0. The van der Waals surface area contributed by atoms with E-state index in [1.807, 2.05) is 78.9 Å². The lowest BCUT2D eigenvalue weighted by Gasteiger charge is -2.19. The summed E-state index contributed by atoms with van der Waals surface area (Å²) < 4.78 is 5.37. The second-order valence-electron chi connectivity index (χ2n) is 9.87. The van der Waals surface area contributed by atoms with Gasteiger partial charge in [-0.3, -0.25) is 4.79 Å². The number of nitrogens with one attached hydrogen (secondary N) is 3. The fraction of sp³-hybridized carbons (Fsp3) is 0.212. The van der Waals surface area contributed by atoms with Crippen LogP contribution in [0.3, 0.4) is 0 Å². The second-order valence-corrected chi connectivity index (χ2v) is 9.87. The summed E-state index contributed by atoms with van der Waals surface area (Å²) in [6, 6.07) is 37.1. The van der Waals surface area contributed by atoms with Gasteiger partial charge in [-0.05, 0) is 40.8 Å². The van der Waals surface area contributed by atoms with E-state index >= 15 is 0 Å². The fourth-order valence-corrected chi connectivity index (χ4v) is 4.64. The number of carbonyl (C=O) groups is 2. The van der Waals surface area contributed by atoms with Gasteiger partial charge in [0.05, 0.1) is 0 Å². The lowest BCUT2D eigenvalue weighted by Crippen LogP contribution is -2.45. The van der Waals surface area contributed by atoms with E-state index < -0.39 is 12.1 Å². The van der Waals surface area contributed by atoms with Crippen LogP contribution in [0, 0.1) is 0 Å². The molecule has 0 bridgehead atoms. The number of halogens is 1. The van der Waals surface area contributed by atoms with Gasteiger partial charge in [-0.1, -0.05) is 103 Å². The summed E-state index contributed by atoms with van der Waals surface area (Å²) in [6.45, 7) is 0.996. The average Bonchev–Trinajstić information content (AvgIpc) is 3.76. The van der Waals surface area contributed by atoms with E-state index in [-0.39, 0.29) is 24.9 Å². The van der Waals surface area contributed by atoms with Gasteiger partial charge in [0.1, 0.15) is 12.6 Å². The van der Waals surface area contributed by atoms with Crippen molar-refractivity contribution in [3.05, 3.63) is 138 Å². The van der Waals surface area contributed by atoms with Crippen LogP contribution in [0.2, 0.25) is 0 Å². The Kier molecular flexibility index (Phi) is 10.3. The Morgan fingerprint density at radius 1 is 0.750 bits per heavy atom. The molecule has 3 N–H and O–H groups in total. The molecule has 0 heterocycles. The molecule has 0 spiro atoms. The largest absolute Gasteiger partial charge is 0.445 e. The van der Waals surface area contributed by atoms with Crippen molar-refractivity contribution in [2.24, 2.45) is 0 Å². The Bertz CT molecular complexity index is 1350. The molecule has 1 saturated carbocycles. The zero-order valence-electron chi connectivity index (χ0n) is 22.2. The molecular formula is C33H34ClN3O3. The number of ether oxygens (including phenoxy) is 1. The minimum atomic E-state index is -0.787. The molecule has 0 unspecified atom stereocenters. The Morgan fingerprint density at radius 3 is 1.95 bits per heavy atom. The van der Waals surface area contributed by atoms with Gasteiger partial charge in [-0.15, -0.1) is 12.4 Å². The van der Waals surface area contributed by atoms with Crippen LogP contribution < -0.4 is 16.0 Å². The molecule has 4 aromatic carbocycles. The summed E-state index contributed by atoms with van der Waals surface area (Å²) in [4.78, 5) is 25.8. The van der Waals surface area contributed by atoms with Crippen molar-refractivity contribution in [3.63, 3.8) is 0 Å². The number of alkyl carbamates (subject to hydrolysis) is 1. The van der Waals surface area contributed by atoms with Crippen molar-refractivity contribution in [1.82, 2.24) is 10.6 Å². The highest BCUT2D eigenvalue weighted by atomic mass is 35.5. The van der Waals surface area contributed by atoms with Crippen molar-refractivity contribution in [1.29, 1.82) is 0 Å². The van der Waals surface area contributed by atoms with E-state index in [9.17, 15) is 9.59 Å². The lowest BCUT2D eigenvalue weighted by molar-refractivity contribution is -0.118. The van der Waals surface area contributed by atoms with Crippen LogP contribution in [0.5, 0.6) is 0 Å². The van der Waals surface area contributed by atoms with Crippen molar-refractivity contribution in [2.45, 2.75) is 44.0 Å². The van der Waals surface area contributed by atoms with Crippen molar-refractivity contribution in [3.8, 4) is 0 Å². The number of hydrogen-bond acceptors (Lipinski definition) is 4. The minimum Gasteiger partial charge on any atom is -0.445 e. The number of carbonyl (C=O) groups excluding carboxylic acids is 2. The number of rotatable bonds is 11. The average molecular weight is 556 g/mol. The van der Waals surface area contributed by atoms with E-state index in [4.69, 9.17) is 4.74 Å². The van der Waals surface area contributed by atoms with Crippen LogP contribution in [0.4, 0.5) is 10.5 Å². The van der Waals surface area contributed by atoms with Crippen molar-refractivity contribution < 1.29 is 14.3 Å². The smallest absolute Gasteiger partial charge is 0.408 e. The van der Waals surface area contributed by atoms with Gasteiger partial charge in [0.25, 0.3) is 0 Å². The first-order valence-corrected chi connectivity index (χ1v) is 13.3. The van der Waals surface area contributed by atoms with Gasteiger partial charge in [-0.25, -0.2) is 4.79 Å². The van der Waals surface area contributed by atoms with Gasteiger partial charge < -0.3 is 20.7 Å². The molecule has 0 radical (unpaired) electrons. The van der Waals surface area contributed by atoms with E-state index in [1.54, 1.807) is 0 Å². The maximum atomic E-state index is 13.2. The third-order valence-electron chi connectivity index (χ3n) is 6.91. The first-order chi connectivity index (χ1) is 19.1. The Balaban J connectivity index is 0.00000370. The van der Waals surface area contributed by atoms with Gasteiger partial charge in [0, 0.05) is 30.6 Å². The summed E-state index contributed by atoms with van der Waals surface area (Å²) in [7, 11) is 0. The standard InChI is InChI=1S/C33H33N3O3.ClH/c37-32(31(20-24-10-4-1-5-11-24)36-33(38)39-23-26-14-8-3-9-15-26)35-28-18-16-27(17-19-28)29-21-30(29)34-22-25-12-6-2-7-13-25;/h1-19,29-31,34H,20-23H2,(H,35,37)(H,36,38);1H/t29-,30+,31+;/m0./s1. The molecule has 1 aliphatic rings. The molecule has 0 aromatic heterocycles. The molecule has 7 heteroatoms. The van der Waals surface area contributed by atoms with Crippen molar-refractivity contribution >= 4 is 30.1 Å². The van der Waals surface area contributed by atoms with E-state index in [2.05, 4.69) is 52.3 Å². The molecule has 0 aliphatic heterocycles. The van der Waals surface area contributed by atoms with Gasteiger partial charge >= 0.3 is 6.09 Å². The number of benzene rings is 4. The number of anilines is 1. The Morgan fingerprint density at radius 2 is 1.32 bits per heavy atom. The van der Waals surface area contributed by atoms with Gasteiger partial charge in [0.15, 0.2) is 0 Å². The summed E-state index contributed by atoms with van der Waals surface area (Å²) in [5, 5.41) is 9.33. The molecule has 2 amide bonds. The third-order valence-corrected chi connectivity index (χ3v) is 6.91. The quantitative estimate of drug-likeness (QED) is 0.205. The zero-order valence-corrected chi connectivity index (χ0v) is 23.0. The zero-order chi connectivity index (χ0) is 26.9. The predicted octanol–water partition coefficient (Wildman–Crippen LogP) is 6.23. The molecule has 3 atom stereocenters. The van der Waals surface area contributed by atoms with E-state index in [0.29, 0.717) is 24.1 Å². The van der Waals surface area contributed by atoms with E-state index in [0.717, 1.165) is 24.1 Å². The molecule has 1 aliphatic carbocycles. The Labute approximate surface area is 241 Å². The maximum absolute atomic E-state index is 13.2. The first-order valence-electron chi connectivity index (χ1n) is 13.3. The molecule has 4 aromatic rings. The van der Waals surface area contributed by atoms with Crippen LogP contribution in [0.15, 0.2) is 115 Å². The van der Waals surface area contributed by atoms with Crippen molar-refractivity contribution in [2.75, 3.05) is 5.32 Å². The maximum Gasteiger partial charge on any atom is 0.408 e. The second kappa shape index (κ2) is 14.3. The third kappa shape index (κ3) is 8.43. The highest BCUT2D eigenvalue weighted by Crippen LogP contribution is 2.41. The summed E-state index contributed by atoms with van der Waals surface area (Å²) in [5.41, 5.74) is 5.05. The highest BCUT2D eigenvalue weighted by molar-refractivity contribution is 5.96. The van der Waals surface area contributed by atoms with Gasteiger partial charge in [0.2, 0.25) is 5.91 Å². The number of hydrogen-bond donors (Lipinski definition) is 3. The monoisotopic (exact) mass is 555 g/mol. The predicted molar refractivity (Wildman–Crippen MR) is 160 cm³/mol. The summed E-state index contributed by atoms with van der Waals surface area (Å²) >= 11 is 0. The highest BCUT2D eigenvalue weighted by Gasteiger charge is 2.37. The molecule has 206 valence electrons. The summed E-state index contributed by atoms with van der Waals surface area (Å²) in [5.74, 6) is 0.183. The normalized spacial score (nSPS) is 16.2. The molecular weight excluding hydrogens is 522 g/mol. The van der Waals surface area contributed by atoms with Gasteiger partial charge in [-0.2, -0.15) is 0 Å².